The molecule has 0 amide bonds. The first kappa shape index (κ1) is 30.5. The van der Waals surface area contributed by atoms with Gasteiger partial charge in [-0.25, -0.2) is 0 Å². The number of hydrogen-bond donors (Lipinski definition) is 0. The smallest absolute Gasteiger partial charge is 0.323 e. The number of carbonyl (C=O) groups excluding carboxylic acids is 2. The van der Waals surface area contributed by atoms with Gasteiger partial charge in [0.05, 0.1) is 13.5 Å². The molecule has 0 unspecified atom stereocenters. The molecule has 5 nitrogen and oxygen atoms in total. The van der Waals surface area contributed by atoms with Gasteiger partial charge in [0.1, 0.15) is 12.1 Å². The van der Waals surface area contributed by atoms with E-state index >= 15 is 0 Å². The third-order valence-electron chi connectivity index (χ3n) is 8.53. The lowest BCUT2D eigenvalue weighted by molar-refractivity contribution is -0.158. The Morgan fingerprint density at radius 1 is 0.829 bits per heavy atom. The summed E-state index contributed by atoms with van der Waals surface area (Å²) in [4.78, 5) is 29.6. The van der Waals surface area contributed by atoms with Gasteiger partial charge in [-0.05, 0) is 47.3 Å². The summed E-state index contributed by atoms with van der Waals surface area (Å²) < 4.78 is 11.7. The van der Waals surface area contributed by atoms with E-state index in [2.05, 4.69) is 49.9 Å². The zero-order valence-electron chi connectivity index (χ0n) is 24.9. The van der Waals surface area contributed by atoms with Crippen molar-refractivity contribution in [1.29, 1.82) is 0 Å². The van der Waals surface area contributed by atoms with E-state index in [9.17, 15) is 9.59 Å². The molecular weight excluding hydrogens is 510 g/mol. The number of carbonyl (C=O) groups is 2. The van der Waals surface area contributed by atoms with Crippen molar-refractivity contribution in [1.82, 2.24) is 4.90 Å². The molecule has 4 rings (SSSR count). The van der Waals surface area contributed by atoms with Crippen molar-refractivity contribution in [2.24, 2.45) is 17.8 Å². The van der Waals surface area contributed by atoms with Crippen molar-refractivity contribution in [3.8, 4) is 0 Å². The molecule has 0 bridgehead atoms. The fourth-order valence-electron chi connectivity index (χ4n) is 6.34. The molecule has 3 aromatic rings. The predicted octanol–water partition coefficient (Wildman–Crippen LogP) is 7.41. The highest BCUT2D eigenvalue weighted by molar-refractivity contribution is 5.79. The van der Waals surface area contributed by atoms with Crippen LogP contribution >= 0.6 is 0 Å². The molecule has 5 heteroatoms. The Morgan fingerprint density at radius 3 is 1.88 bits per heavy atom. The van der Waals surface area contributed by atoms with Gasteiger partial charge in [0.25, 0.3) is 0 Å². The van der Waals surface area contributed by atoms with Crippen molar-refractivity contribution < 1.29 is 19.1 Å². The molecule has 3 aromatic carbocycles. The summed E-state index contributed by atoms with van der Waals surface area (Å²) in [6.07, 6.45) is 3.13. The third-order valence-corrected chi connectivity index (χ3v) is 8.53. The summed E-state index contributed by atoms with van der Waals surface area (Å²) in [5, 5.41) is 0. The SMILES string of the molecule is COC(=O)[C@H]([C@@H](CC(=O)O[C@H]1C[C@@H](C)CC[C@@H]1C(C)C)c1ccccc1)N(Cc1ccccc1)Cc1ccccc1. The fourth-order valence-corrected chi connectivity index (χ4v) is 6.34. The van der Waals surface area contributed by atoms with E-state index < -0.39 is 12.0 Å². The van der Waals surface area contributed by atoms with Crippen molar-refractivity contribution in [3.63, 3.8) is 0 Å². The Labute approximate surface area is 245 Å². The summed E-state index contributed by atoms with van der Waals surface area (Å²) in [6, 6.07) is 29.4. The molecule has 1 fully saturated rings. The van der Waals surface area contributed by atoms with Crippen LogP contribution in [0, 0.1) is 17.8 Å². The van der Waals surface area contributed by atoms with Crippen LogP contribution in [-0.4, -0.2) is 36.1 Å². The van der Waals surface area contributed by atoms with Crippen LogP contribution in [0.1, 0.15) is 69.1 Å². The van der Waals surface area contributed by atoms with E-state index in [1.54, 1.807) is 0 Å². The molecule has 0 aliphatic heterocycles. The number of hydrogen-bond acceptors (Lipinski definition) is 5. The first-order valence-corrected chi connectivity index (χ1v) is 15.0. The maximum Gasteiger partial charge on any atom is 0.323 e. The molecule has 0 heterocycles. The van der Waals surface area contributed by atoms with Crippen molar-refractivity contribution in [2.45, 2.75) is 77.6 Å². The summed E-state index contributed by atoms with van der Waals surface area (Å²) in [7, 11) is 1.43. The van der Waals surface area contributed by atoms with E-state index in [0.29, 0.717) is 30.8 Å². The predicted molar refractivity (Wildman–Crippen MR) is 163 cm³/mol. The molecule has 1 aliphatic rings. The first-order valence-electron chi connectivity index (χ1n) is 15.0. The van der Waals surface area contributed by atoms with Crippen LogP contribution in [-0.2, 0) is 32.2 Å². The van der Waals surface area contributed by atoms with Crippen LogP contribution in [0.5, 0.6) is 0 Å². The molecule has 0 N–H and O–H groups in total. The second-order valence-electron chi connectivity index (χ2n) is 11.9. The maximum absolute atomic E-state index is 13.7. The lowest BCUT2D eigenvalue weighted by Crippen LogP contribution is -2.46. The van der Waals surface area contributed by atoms with E-state index in [0.717, 1.165) is 29.5 Å². The second-order valence-corrected chi connectivity index (χ2v) is 11.9. The van der Waals surface area contributed by atoms with E-state index in [1.165, 1.54) is 13.5 Å². The second kappa shape index (κ2) is 15.0. The number of rotatable bonds is 12. The molecule has 218 valence electrons. The van der Waals surface area contributed by atoms with Crippen LogP contribution in [0.25, 0.3) is 0 Å². The van der Waals surface area contributed by atoms with Crippen LogP contribution in [0.4, 0.5) is 0 Å². The maximum atomic E-state index is 13.7. The third kappa shape index (κ3) is 8.53. The van der Waals surface area contributed by atoms with Crippen LogP contribution < -0.4 is 0 Å². The van der Waals surface area contributed by atoms with Gasteiger partial charge in [0.2, 0.25) is 0 Å². The van der Waals surface area contributed by atoms with Gasteiger partial charge in [-0.3, -0.25) is 14.5 Å². The van der Waals surface area contributed by atoms with Crippen molar-refractivity contribution >= 4 is 11.9 Å². The van der Waals surface area contributed by atoms with Crippen LogP contribution in [0.3, 0.4) is 0 Å². The van der Waals surface area contributed by atoms with Crippen LogP contribution in [0.2, 0.25) is 0 Å². The van der Waals surface area contributed by atoms with E-state index in [4.69, 9.17) is 9.47 Å². The molecule has 0 saturated heterocycles. The Bertz CT molecular complexity index is 1170. The largest absolute Gasteiger partial charge is 0.468 e. The van der Waals surface area contributed by atoms with Gasteiger partial charge in [-0.2, -0.15) is 0 Å². The minimum Gasteiger partial charge on any atom is -0.468 e. The van der Waals surface area contributed by atoms with Gasteiger partial charge in [-0.15, -0.1) is 0 Å². The quantitative estimate of drug-likeness (QED) is 0.218. The lowest BCUT2D eigenvalue weighted by atomic mass is 9.75. The Morgan fingerprint density at radius 2 is 1.37 bits per heavy atom. The highest BCUT2D eigenvalue weighted by atomic mass is 16.5. The highest BCUT2D eigenvalue weighted by Crippen LogP contribution is 2.37. The molecule has 0 radical (unpaired) electrons. The minimum absolute atomic E-state index is 0.0935. The van der Waals surface area contributed by atoms with E-state index in [-0.39, 0.29) is 24.5 Å². The summed E-state index contributed by atoms with van der Waals surface area (Å²) in [5.41, 5.74) is 3.09. The first-order chi connectivity index (χ1) is 19.9. The number of ether oxygens (including phenoxy) is 2. The number of benzene rings is 3. The Hall–Kier alpha value is -3.44. The molecular formula is C36H45NO4. The van der Waals surface area contributed by atoms with Crippen LogP contribution in [0.15, 0.2) is 91.0 Å². The molecule has 5 atom stereocenters. The number of nitrogens with zero attached hydrogens (tertiary/aromatic N) is 1. The lowest BCUT2D eigenvalue weighted by Gasteiger charge is -2.38. The number of methoxy groups -OCH3 is 1. The topological polar surface area (TPSA) is 55.8 Å². The van der Waals surface area contributed by atoms with Gasteiger partial charge < -0.3 is 9.47 Å². The molecule has 1 aliphatic carbocycles. The Kier molecular flexibility index (Phi) is 11.1. The Balaban J connectivity index is 1.68. The average molecular weight is 556 g/mol. The van der Waals surface area contributed by atoms with Gasteiger partial charge in [-0.1, -0.05) is 118 Å². The molecule has 0 spiro atoms. The molecule has 41 heavy (non-hydrogen) atoms. The van der Waals surface area contributed by atoms with Crippen molar-refractivity contribution in [2.75, 3.05) is 7.11 Å². The highest BCUT2D eigenvalue weighted by Gasteiger charge is 2.39. The van der Waals surface area contributed by atoms with E-state index in [1.807, 2.05) is 66.7 Å². The normalized spacial score (nSPS) is 20.4. The summed E-state index contributed by atoms with van der Waals surface area (Å²) in [6.45, 7) is 7.73. The van der Waals surface area contributed by atoms with Gasteiger partial charge in [0.15, 0.2) is 0 Å². The summed E-state index contributed by atoms with van der Waals surface area (Å²) >= 11 is 0. The summed E-state index contributed by atoms with van der Waals surface area (Å²) in [5.74, 6) is 0.279. The van der Waals surface area contributed by atoms with Crippen molar-refractivity contribution in [3.05, 3.63) is 108 Å². The zero-order valence-corrected chi connectivity index (χ0v) is 24.9. The molecule has 1 saturated carbocycles. The average Bonchev–Trinajstić information content (AvgIpc) is 2.98. The number of esters is 2. The minimum atomic E-state index is -0.693. The van der Waals surface area contributed by atoms with Gasteiger partial charge in [0, 0.05) is 19.0 Å². The van der Waals surface area contributed by atoms with Gasteiger partial charge >= 0.3 is 11.9 Å². The molecule has 0 aromatic heterocycles. The fraction of sp³-hybridized carbons (Fsp3) is 0.444. The monoisotopic (exact) mass is 555 g/mol. The zero-order chi connectivity index (χ0) is 29.2. The standard InChI is InChI=1S/C36H45NO4/c1-26(2)31-21-20-27(3)22-33(31)41-34(38)23-32(30-18-12-7-13-19-30)35(36(39)40-4)37(24-28-14-8-5-9-15-28)25-29-16-10-6-11-17-29/h5-19,26-27,31-33,35H,20-25H2,1-4H3/t27-,31+,32-,33-,35-/m0/s1.